The fourth-order valence-corrected chi connectivity index (χ4v) is 4.03. The van der Waals surface area contributed by atoms with Crippen LogP contribution in [0.25, 0.3) is 0 Å². The Balaban J connectivity index is -0.000000382. The number of rotatable bonds is 7. The van der Waals surface area contributed by atoms with E-state index in [1.807, 2.05) is 32.1 Å². The van der Waals surface area contributed by atoms with Crippen LogP contribution < -0.4 is 0 Å². The first-order chi connectivity index (χ1) is 20.4. The number of unbranched alkanes of at least 4 members (excludes halogenated alkanes) is 1. The van der Waals surface area contributed by atoms with Gasteiger partial charge in [0, 0.05) is 35.5 Å². The SMILES string of the molecule is CCCCN1C([C]2[CH][CH][CH][CH]2)=C([C]c2ccccc2)C1c1ccccc1.[C-]#[O+].[C-]#[O+].[C-]#[O+].[C-]#[O+].[C-]#[O+].[CH]1[CH][CH][CH][CH]1.[Cr].[Fe+2]. The van der Waals surface area contributed by atoms with E-state index in [4.69, 9.17) is 23.3 Å². The smallest absolute Gasteiger partial charge is 0.0312 e. The van der Waals surface area contributed by atoms with Crippen molar-refractivity contribution in [2.75, 3.05) is 6.54 Å². The van der Waals surface area contributed by atoms with Crippen LogP contribution in [0.2, 0.25) is 0 Å². The molecule has 1 unspecified atom stereocenters. The standard InChI is InChI=1S/C25H24N.C5H5.5CO.Cr.Fe/c1-2-3-18-26-24(21-14-8-5-9-15-21)23(19-20-12-6-4-7-13-20)25(26)22-16-10-11-17-22;1-2-4-5-3-1;5*1-2;;/h4-17,24H,2-3,18H2,1H3;1-5H;;;;;;;/q;;;;;;;;+2. The van der Waals surface area contributed by atoms with Gasteiger partial charge in [-0.05, 0) is 80.9 Å². The summed E-state index contributed by atoms with van der Waals surface area (Å²) in [6, 6.07) is 21.6. The Hall–Kier alpha value is -2.27. The Labute approximate surface area is 280 Å². The molecule has 8 heteroatoms. The second-order valence-electron chi connectivity index (χ2n) is 7.75. The first kappa shape index (κ1) is 47.7. The average molecular weight is 651 g/mol. The Morgan fingerprint density at radius 3 is 1.49 bits per heavy atom. The summed E-state index contributed by atoms with van der Waals surface area (Å²) in [6.45, 7) is 25.8. The van der Waals surface area contributed by atoms with Crippen LogP contribution in [0.5, 0.6) is 0 Å². The van der Waals surface area contributed by atoms with Crippen LogP contribution in [0.1, 0.15) is 36.9 Å². The third-order valence-electron chi connectivity index (χ3n) is 5.54. The minimum Gasteiger partial charge on any atom is -0.0312 e. The summed E-state index contributed by atoms with van der Waals surface area (Å²) in [7, 11) is 0. The first-order valence-electron chi connectivity index (χ1n) is 12.2. The third kappa shape index (κ3) is 17.0. The van der Waals surface area contributed by atoms with Crippen LogP contribution in [-0.4, -0.2) is 11.4 Å². The van der Waals surface area contributed by atoms with Crippen LogP contribution in [0, 0.1) is 103 Å². The molecule has 0 spiro atoms. The monoisotopic (exact) mass is 651 g/mol. The van der Waals surface area contributed by atoms with E-state index >= 15 is 0 Å². The summed E-state index contributed by atoms with van der Waals surface area (Å²) < 4.78 is 37.5. The van der Waals surface area contributed by atoms with Gasteiger partial charge in [-0.3, -0.25) is 0 Å². The normalized spacial score (nSPS) is 15.4. The predicted molar refractivity (Wildman–Crippen MR) is 148 cm³/mol. The molecule has 0 amide bonds. The van der Waals surface area contributed by atoms with Crippen molar-refractivity contribution in [3.8, 4) is 0 Å². The number of nitrogens with zero attached hydrogens (tertiary/aromatic N) is 1. The van der Waals surface area contributed by atoms with Crippen molar-refractivity contribution >= 4 is 0 Å². The summed E-state index contributed by atoms with van der Waals surface area (Å²) in [5.41, 5.74) is 5.12. The van der Waals surface area contributed by atoms with Gasteiger partial charge in [0.25, 0.3) is 0 Å². The maximum atomic E-state index is 7.50. The van der Waals surface area contributed by atoms with Gasteiger partial charge in [0.15, 0.2) is 0 Å². The van der Waals surface area contributed by atoms with E-state index in [0.29, 0.717) is 0 Å². The Kier molecular flexibility index (Phi) is 37.9. The predicted octanol–water partition coefficient (Wildman–Crippen LogP) is 6.46. The fourth-order valence-electron chi connectivity index (χ4n) is 4.03. The minimum atomic E-state index is 0. The Bertz CT molecular complexity index is 998. The molecular weight excluding hydrogens is 622 g/mol. The minimum absolute atomic E-state index is 0. The largest absolute Gasteiger partial charge is 2.00 e. The van der Waals surface area contributed by atoms with Crippen molar-refractivity contribution in [2.45, 2.75) is 25.8 Å². The van der Waals surface area contributed by atoms with E-state index in [1.165, 1.54) is 35.6 Å². The Morgan fingerprint density at radius 1 is 0.651 bits per heavy atom. The van der Waals surface area contributed by atoms with E-state index in [2.05, 4.69) is 138 Å². The van der Waals surface area contributed by atoms with E-state index in [-0.39, 0.29) is 40.5 Å². The summed E-state index contributed by atoms with van der Waals surface area (Å²) in [4.78, 5) is 2.55. The van der Waals surface area contributed by atoms with Crippen molar-refractivity contribution in [1.29, 1.82) is 0 Å². The van der Waals surface area contributed by atoms with Crippen molar-refractivity contribution in [1.82, 2.24) is 4.90 Å². The van der Waals surface area contributed by atoms with E-state index in [9.17, 15) is 0 Å². The van der Waals surface area contributed by atoms with Gasteiger partial charge in [0.05, 0.1) is 12.5 Å². The van der Waals surface area contributed by atoms with Crippen molar-refractivity contribution in [3.05, 3.63) is 186 Å². The quantitative estimate of drug-likeness (QED) is 0.192. The van der Waals surface area contributed by atoms with Crippen LogP contribution in [0.3, 0.4) is 0 Å². The number of hydrogen-bond acceptors (Lipinski definition) is 1. The van der Waals surface area contributed by atoms with Crippen LogP contribution in [-0.2, 0) is 57.7 Å². The molecule has 2 aromatic rings. The maximum absolute atomic E-state index is 7.50. The summed E-state index contributed by atoms with van der Waals surface area (Å²) in [5, 5.41) is 0. The molecule has 0 bridgehead atoms. The molecule has 6 nitrogen and oxygen atoms in total. The molecular formula is C35H29CrFeNO5+2. The zero-order valence-corrected chi connectivity index (χ0v) is 25.8. The molecule has 0 aromatic heterocycles. The molecule has 43 heavy (non-hydrogen) atoms. The molecule has 1 aliphatic heterocycles. The zero-order chi connectivity index (χ0) is 31.3. The zero-order valence-electron chi connectivity index (χ0n) is 23.4. The molecule has 2 saturated carbocycles. The molecule has 2 aliphatic carbocycles. The molecule has 12 radical (unpaired) electrons. The van der Waals surface area contributed by atoms with Gasteiger partial charge in [0.2, 0.25) is 0 Å². The number of benzene rings is 2. The van der Waals surface area contributed by atoms with E-state index < -0.39 is 0 Å². The molecule has 1 heterocycles. The maximum Gasteiger partial charge on any atom is 2.00 e. The summed E-state index contributed by atoms with van der Waals surface area (Å²) in [6.07, 6.45) is 24.8. The van der Waals surface area contributed by atoms with Gasteiger partial charge in [-0.15, -0.1) is 0 Å². The molecule has 0 saturated heterocycles. The fraction of sp³-hybridized carbons (Fsp3) is 0.143. The molecule has 0 N–H and O–H groups in total. The van der Waals surface area contributed by atoms with Gasteiger partial charge in [-0.2, -0.15) is 0 Å². The molecule has 3 aliphatic rings. The first-order valence-corrected chi connectivity index (χ1v) is 12.2. The van der Waals surface area contributed by atoms with Gasteiger partial charge in [0.1, 0.15) is 0 Å². The van der Waals surface area contributed by atoms with Crippen LogP contribution >= 0.6 is 0 Å². The van der Waals surface area contributed by atoms with Gasteiger partial charge < -0.3 is 4.90 Å². The molecule has 5 rings (SSSR count). The van der Waals surface area contributed by atoms with Crippen LogP contribution in [0.15, 0.2) is 71.9 Å². The van der Waals surface area contributed by atoms with Gasteiger partial charge in [-0.25, -0.2) is 0 Å². The molecule has 216 valence electrons. The average Bonchev–Trinajstić information content (AvgIpc) is 3.83. The topological polar surface area (TPSA) is 103 Å². The van der Waals surface area contributed by atoms with Crippen molar-refractivity contribution in [2.24, 2.45) is 0 Å². The number of allylic oxidation sites excluding steroid dienone is 1. The summed E-state index contributed by atoms with van der Waals surface area (Å²) >= 11 is 0. The van der Waals surface area contributed by atoms with Crippen molar-refractivity contribution in [3.63, 3.8) is 0 Å². The molecule has 2 fully saturated rings. The molecule has 1 atom stereocenters. The second kappa shape index (κ2) is 34.2. The second-order valence-corrected chi connectivity index (χ2v) is 7.75. The summed E-state index contributed by atoms with van der Waals surface area (Å²) in [5.74, 6) is 1.30. The van der Waals surface area contributed by atoms with Crippen molar-refractivity contribution < 1.29 is 57.7 Å². The number of hydrogen-bond donors (Lipinski definition) is 0. The van der Waals surface area contributed by atoms with Gasteiger partial charge >= 0.3 is 73.6 Å². The van der Waals surface area contributed by atoms with E-state index in [1.54, 1.807) is 0 Å². The third-order valence-corrected chi connectivity index (χ3v) is 5.54. The van der Waals surface area contributed by atoms with Crippen LogP contribution in [0.4, 0.5) is 0 Å². The van der Waals surface area contributed by atoms with Gasteiger partial charge in [-0.1, -0.05) is 74.0 Å². The molecule has 2 aromatic carbocycles. The Morgan fingerprint density at radius 2 is 1.07 bits per heavy atom. The van der Waals surface area contributed by atoms with E-state index in [0.717, 1.165) is 12.1 Å².